The second kappa shape index (κ2) is 8.88. The first-order valence-corrected chi connectivity index (χ1v) is 14.4. The van der Waals surface area contributed by atoms with E-state index in [4.69, 9.17) is 10.7 Å². The Morgan fingerprint density at radius 3 is 2.45 bits per heavy atom. The molecule has 2 unspecified atom stereocenters. The zero-order valence-electron chi connectivity index (χ0n) is 20.9. The SMILES string of the molecule is CC(O)c1ccc(-c2cnn3c(N)c(S(C)(=O)=O)c(C4C[C@H]5CC[C@@H](C4)N5C(=O)c4ncn[nH]4)nc23)cc1. The van der Waals surface area contributed by atoms with Crippen LogP contribution in [0.3, 0.4) is 0 Å². The fourth-order valence-corrected chi connectivity index (χ4v) is 7.04. The minimum absolute atomic E-state index is 0.0106. The van der Waals surface area contributed by atoms with E-state index in [0.29, 0.717) is 29.7 Å². The van der Waals surface area contributed by atoms with E-state index in [0.717, 1.165) is 30.2 Å². The topological polar surface area (TPSA) is 172 Å². The van der Waals surface area contributed by atoms with Crippen molar-refractivity contribution in [1.82, 2.24) is 34.7 Å². The van der Waals surface area contributed by atoms with Gasteiger partial charge in [-0.25, -0.2) is 18.4 Å². The molecule has 38 heavy (non-hydrogen) atoms. The molecule has 2 fully saturated rings. The van der Waals surface area contributed by atoms with Gasteiger partial charge in [-0.15, -0.1) is 0 Å². The van der Waals surface area contributed by atoms with Gasteiger partial charge in [0.25, 0.3) is 5.91 Å². The van der Waals surface area contributed by atoms with Gasteiger partial charge in [-0.05, 0) is 43.7 Å². The highest BCUT2D eigenvalue weighted by Gasteiger charge is 2.46. The molecular weight excluding hydrogens is 508 g/mol. The largest absolute Gasteiger partial charge is 0.389 e. The van der Waals surface area contributed by atoms with Crippen LogP contribution in [0.2, 0.25) is 0 Å². The number of aliphatic hydroxyl groups excluding tert-OH is 1. The maximum atomic E-state index is 13.1. The van der Waals surface area contributed by atoms with Crippen molar-refractivity contribution in [3.63, 3.8) is 0 Å². The van der Waals surface area contributed by atoms with Crippen LogP contribution >= 0.6 is 0 Å². The van der Waals surface area contributed by atoms with Gasteiger partial charge in [-0.2, -0.15) is 14.7 Å². The number of rotatable bonds is 5. The van der Waals surface area contributed by atoms with E-state index in [1.54, 1.807) is 13.1 Å². The second-order valence-electron chi connectivity index (χ2n) is 10.2. The summed E-state index contributed by atoms with van der Waals surface area (Å²) in [4.78, 5) is 23.8. The number of sulfone groups is 1. The van der Waals surface area contributed by atoms with Crippen molar-refractivity contribution in [2.75, 3.05) is 12.0 Å². The van der Waals surface area contributed by atoms with E-state index >= 15 is 0 Å². The Bertz CT molecular complexity index is 1620. The Hall–Kier alpha value is -3.84. The zero-order valence-corrected chi connectivity index (χ0v) is 21.8. The van der Waals surface area contributed by atoms with Gasteiger partial charge in [-0.1, -0.05) is 24.3 Å². The van der Waals surface area contributed by atoms with Crippen LogP contribution in [0, 0.1) is 0 Å². The molecule has 12 nitrogen and oxygen atoms in total. The Morgan fingerprint density at radius 2 is 1.87 bits per heavy atom. The molecule has 6 rings (SSSR count). The molecule has 1 aromatic carbocycles. The number of nitrogen functional groups attached to an aromatic ring is 1. The van der Waals surface area contributed by atoms with Crippen LogP contribution in [0.4, 0.5) is 5.82 Å². The van der Waals surface area contributed by atoms with Gasteiger partial charge in [0.05, 0.1) is 18.0 Å². The molecule has 4 atom stereocenters. The van der Waals surface area contributed by atoms with Crippen molar-refractivity contribution in [2.45, 2.75) is 61.6 Å². The number of aliphatic hydroxyl groups is 1. The predicted molar refractivity (Wildman–Crippen MR) is 138 cm³/mol. The molecule has 5 heterocycles. The Balaban J connectivity index is 1.43. The lowest BCUT2D eigenvalue weighted by atomic mass is 9.87. The highest BCUT2D eigenvalue weighted by Crippen LogP contribution is 2.45. The summed E-state index contributed by atoms with van der Waals surface area (Å²) in [6, 6.07) is 7.26. The molecule has 4 aromatic rings. The number of aromatic amines is 1. The third-order valence-electron chi connectivity index (χ3n) is 7.71. The lowest BCUT2D eigenvalue weighted by molar-refractivity contribution is 0.0556. The summed E-state index contributed by atoms with van der Waals surface area (Å²) >= 11 is 0. The summed E-state index contributed by atoms with van der Waals surface area (Å²) in [5.74, 6) is -0.180. The number of piperidine rings is 1. The summed E-state index contributed by atoms with van der Waals surface area (Å²) in [7, 11) is -3.74. The molecule has 0 spiro atoms. The minimum atomic E-state index is -3.74. The van der Waals surface area contributed by atoms with Crippen LogP contribution in [-0.4, -0.2) is 72.5 Å². The summed E-state index contributed by atoms with van der Waals surface area (Å²) in [6.07, 6.45) is 6.23. The van der Waals surface area contributed by atoms with E-state index in [1.807, 2.05) is 29.2 Å². The van der Waals surface area contributed by atoms with Crippen LogP contribution in [0.15, 0.2) is 41.7 Å². The third kappa shape index (κ3) is 3.93. The summed E-state index contributed by atoms with van der Waals surface area (Å²) in [5, 5.41) is 20.7. The fraction of sp³-hybridized carbons (Fsp3) is 0.400. The number of anilines is 1. The van der Waals surface area contributed by atoms with Crippen molar-refractivity contribution in [3.05, 3.63) is 53.9 Å². The number of hydrogen-bond donors (Lipinski definition) is 3. The van der Waals surface area contributed by atoms with Crippen molar-refractivity contribution >= 4 is 27.2 Å². The Morgan fingerprint density at radius 1 is 1.18 bits per heavy atom. The normalized spacial score (nSPS) is 22.2. The zero-order chi connectivity index (χ0) is 26.8. The van der Waals surface area contributed by atoms with Crippen LogP contribution in [0.25, 0.3) is 16.8 Å². The van der Waals surface area contributed by atoms with E-state index in [1.165, 1.54) is 10.8 Å². The number of H-pyrrole nitrogens is 1. The second-order valence-corrected chi connectivity index (χ2v) is 12.1. The molecule has 13 heteroatoms. The molecule has 0 radical (unpaired) electrons. The summed E-state index contributed by atoms with van der Waals surface area (Å²) in [6.45, 7) is 1.70. The van der Waals surface area contributed by atoms with Crippen LogP contribution in [0.1, 0.15) is 66.5 Å². The monoisotopic (exact) mass is 536 g/mol. The number of nitrogens with zero attached hydrogens (tertiary/aromatic N) is 6. The fourth-order valence-electron chi connectivity index (χ4n) is 5.98. The van der Waals surface area contributed by atoms with E-state index < -0.39 is 15.9 Å². The van der Waals surface area contributed by atoms with Gasteiger partial charge < -0.3 is 15.7 Å². The van der Waals surface area contributed by atoms with Crippen molar-refractivity contribution in [2.24, 2.45) is 0 Å². The summed E-state index contributed by atoms with van der Waals surface area (Å²) < 4.78 is 27.3. The van der Waals surface area contributed by atoms with Crippen LogP contribution < -0.4 is 5.73 Å². The van der Waals surface area contributed by atoms with E-state index in [9.17, 15) is 18.3 Å². The van der Waals surface area contributed by atoms with Gasteiger partial charge in [0.15, 0.2) is 15.5 Å². The van der Waals surface area contributed by atoms with E-state index in [2.05, 4.69) is 20.3 Å². The van der Waals surface area contributed by atoms with Crippen molar-refractivity contribution in [1.29, 1.82) is 0 Å². The van der Waals surface area contributed by atoms with Gasteiger partial charge in [0.1, 0.15) is 17.0 Å². The molecule has 2 aliphatic rings. The number of nitrogens with two attached hydrogens (primary N) is 1. The van der Waals surface area contributed by atoms with Crippen molar-refractivity contribution in [3.8, 4) is 11.1 Å². The van der Waals surface area contributed by atoms with E-state index in [-0.39, 0.29) is 40.4 Å². The number of amides is 1. The first-order chi connectivity index (χ1) is 18.1. The number of fused-ring (bicyclic) bond motifs is 3. The molecule has 2 aliphatic heterocycles. The highest BCUT2D eigenvalue weighted by atomic mass is 32.2. The Labute approximate surface area is 218 Å². The predicted octanol–water partition coefficient (Wildman–Crippen LogP) is 2.10. The lowest BCUT2D eigenvalue weighted by Gasteiger charge is -2.38. The molecule has 2 saturated heterocycles. The average molecular weight is 537 g/mol. The smallest absolute Gasteiger partial charge is 0.291 e. The average Bonchev–Trinajstić information content (AvgIpc) is 3.61. The molecule has 2 bridgehead atoms. The molecule has 1 amide bonds. The molecule has 4 N–H and O–H groups in total. The van der Waals surface area contributed by atoms with Crippen molar-refractivity contribution < 1.29 is 18.3 Å². The molecule has 0 saturated carbocycles. The maximum absolute atomic E-state index is 13.1. The third-order valence-corrected chi connectivity index (χ3v) is 8.87. The number of carbonyl (C=O) groups excluding carboxylic acids is 1. The van der Waals surface area contributed by atoms with Gasteiger partial charge in [-0.3, -0.25) is 9.89 Å². The van der Waals surface area contributed by atoms with Gasteiger partial charge >= 0.3 is 0 Å². The first-order valence-electron chi connectivity index (χ1n) is 12.5. The number of nitrogens with one attached hydrogen (secondary N) is 1. The minimum Gasteiger partial charge on any atom is -0.389 e. The summed E-state index contributed by atoms with van der Waals surface area (Å²) in [5.41, 5.74) is 9.64. The molecule has 198 valence electrons. The standard InChI is InChI=1S/C25H28N8O4S/c1-13(34)14-3-5-15(6-4-14)19-11-29-33-22(26)21(38(2,36)37)20(30-24(19)33)16-9-17-7-8-18(10-16)32(17)25(35)23-27-12-28-31-23/h3-6,11-13,16-18,34H,7-10,26H2,1-2H3,(H,27,28,31)/t13?,16?,17-,18+. The number of aromatic nitrogens is 6. The van der Waals surface area contributed by atoms with Crippen LogP contribution in [0.5, 0.6) is 0 Å². The lowest BCUT2D eigenvalue weighted by Crippen LogP contribution is -2.46. The first kappa shape index (κ1) is 24.5. The highest BCUT2D eigenvalue weighted by molar-refractivity contribution is 7.91. The van der Waals surface area contributed by atoms with Gasteiger partial charge in [0, 0.05) is 29.8 Å². The number of hydrogen-bond acceptors (Lipinski definition) is 9. The maximum Gasteiger partial charge on any atom is 0.291 e. The number of benzene rings is 1. The van der Waals surface area contributed by atoms with Crippen LogP contribution in [-0.2, 0) is 9.84 Å². The molecule has 3 aromatic heterocycles. The Kier molecular flexibility index (Phi) is 5.72. The van der Waals surface area contributed by atoms with Gasteiger partial charge in [0.2, 0.25) is 5.82 Å². The molecule has 0 aliphatic carbocycles. The number of carbonyl (C=O) groups is 1. The quantitative estimate of drug-likeness (QED) is 0.345. The molecular formula is C25H28N8O4S.